The van der Waals surface area contributed by atoms with Gasteiger partial charge in [0.15, 0.2) is 6.19 Å². The molecule has 0 saturated carbocycles. The van der Waals surface area contributed by atoms with Crippen molar-refractivity contribution >= 4 is 23.4 Å². The third-order valence-electron chi connectivity index (χ3n) is 5.43. The number of nitriles is 1. The lowest BCUT2D eigenvalue weighted by atomic mass is 10.00. The van der Waals surface area contributed by atoms with Crippen LogP contribution >= 0.6 is 0 Å². The number of hydrogen-bond acceptors (Lipinski definition) is 3. The highest BCUT2D eigenvalue weighted by Crippen LogP contribution is 2.36. The number of benzene rings is 2. The Bertz CT molecular complexity index is 1100. The molecule has 180 valence electrons. The summed E-state index contributed by atoms with van der Waals surface area (Å²) in [5, 5.41) is 14.3. The highest BCUT2D eigenvalue weighted by molar-refractivity contribution is 5.90. The second-order valence-corrected chi connectivity index (χ2v) is 8.08. The predicted molar refractivity (Wildman–Crippen MR) is 120 cm³/mol. The number of halogens is 4. The molecule has 1 fully saturated rings. The molecule has 1 atom stereocenters. The first-order chi connectivity index (χ1) is 16.1. The van der Waals surface area contributed by atoms with Crippen molar-refractivity contribution < 1.29 is 22.4 Å². The summed E-state index contributed by atoms with van der Waals surface area (Å²) in [4.78, 5) is 20.1. The van der Waals surface area contributed by atoms with Crippen LogP contribution in [0.4, 0.5) is 33.7 Å². The van der Waals surface area contributed by atoms with Gasteiger partial charge in [0.2, 0.25) is 5.96 Å². The van der Waals surface area contributed by atoms with E-state index in [2.05, 4.69) is 15.6 Å². The summed E-state index contributed by atoms with van der Waals surface area (Å²) in [7, 11) is 0. The standard InChI is InChI=1S/C23H24F4N6O/c1-15(2)20-13-32(22(34)30-17-7-5-6-16(24)12-17)10-11-33(20)21(29-14-28)31-19-9-4-3-8-18(19)23(25,26)27/h3-9,12,15,20H,10-11,13H2,1-2H3,(H,29,31)(H,30,34). The number of para-hydroxylation sites is 1. The summed E-state index contributed by atoms with van der Waals surface area (Å²) < 4.78 is 53.7. The van der Waals surface area contributed by atoms with Gasteiger partial charge in [-0.1, -0.05) is 32.0 Å². The minimum atomic E-state index is -4.61. The monoisotopic (exact) mass is 476 g/mol. The van der Waals surface area contributed by atoms with Crippen molar-refractivity contribution in [2.24, 2.45) is 10.9 Å². The molecule has 2 aromatic rings. The fourth-order valence-electron chi connectivity index (χ4n) is 3.74. The molecule has 0 aliphatic carbocycles. The van der Waals surface area contributed by atoms with Gasteiger partial charge in [-0.2, -0.15) is 18.4 Å². The Kier molecular flexibility index (Phi) is 7.61. The Morgan fingerprint density at radius 2 is 1.91 bits per heavy atom. The molecule has 3 rings (SSSR count). The third kappa shape index (κ3) is 5.95. The number of nitrogens with one attached hydrogen (secondary N) is 2. The van der Waals surface area contributed by atoms with Crippen LogP contribution in [0.15, 0.2) is 53.5 Å². The zero-order chi connectivity index (χ0) is 24.9. The van der Waals surface area contributed by atoms with Gasteiger partial charge in [-0.3, -0.25) is 5.32 Å². The summed E-state index contributed by atoms with van der Waals surface area (Å²) in [6.07, 6.45) is -2.87. The molecule has 0 radical (unpaired) electrons. The van der Waals surface area contributed by atoms with Crippen LogP contribution in [-0.4, -0.2) is 47.5 Å². The number of carbonyl (C=O) groups is 1. The maximum Gasteiger partial charge on any atom is 0.418 e. The van der Waals surface area contributed by atoms with Crippen molar-refractivity contribution in [3.8, 4) is 6.19 Å². The van der Waals surface area contributed by atoms with E-state index in [0.717, 1.165) is 6.07 Å². The first-order valence-corrected chi connectivity index (χ1v) is 10.6. The number of alkyl halides is 3. The Hall–Kier alpha value is -3.81. The van der Waals surface area contributed by atoms with E-state index >= 15 is 0 Å². The SMILES string of the molecule is CC(C)C1CN(C(=O)Nc2cccc(F)c2)CCN1C(=Nc1ccccc1C(F)(F)F)NC#N. The van der Waals surface area contributed by atoms with Crippen LogP contribution in [-0.2, 0) is 6.18 Å². The molecule has 1 heterocycles. The lowest BCUT2D eigenvalue weighted by Crippen LogP contribution is -2.60. The van der Waals surface area contributed by atoms with Gasteiger partial charge in [0, 0.05) is 25.3 Å². The number of nitrogens with zero attached hydrogens (tertiary/aromatic N) is 4. The number of aliphatic imine (C=N–C) groups is 1. The molecule has 7 nitrogen and oxygen atoms in total. The molecule has 0 bridgehead atoms. The van der Waals surface area contributed by atoms with Gasteiger partial charge in [0.25, 0.3) is 0 Å². The average molecular weight is 476 g/mol. The molecule has 1 unspecified atom stereocenters. The van der Waals surface area contributed by atoms with E-state index < -0.39 is 23.6 Å². The molecule has 1 aliphatic heterocycles. The van der Waals surface area contributed by atoms with Gasteiger partial charge >= 0.3 is 12.2 Å². The molecule has 0 aromatic heterocycles. The average Bonchev–Trinajstić information content (AvgIpc) is 2.78. The molecule has 1 aliphatic rings. The van der Waals surface area contributed by atoms with Crippen LogP contribution in [0.25, 0.3) is 0 Å². The van der Waals surface area contributed by atoms with Gasteiger partial charge in [-0.05, 0) is 36.2 Å². The molecular formula is C23H24F4N6O. The summed E-state index contributed by atoms with van der Waals surface area (Å²) >= 11 is 0. The maximum atomic E-state index is 13.4. The molecule has 1 saturated heterocycles. The van der Waals surface area contributed by atoms with Crippen LogP contribution in [0.1, 0.15) is 19.4 Å². The molecule has 2 amide bonds. The van der Waals surface area contributed by atoms with E-state index in [1.54, 1.807) is 22.1 Å². The van der Waals surface area contributed by atoms with Crippen LogP contribution in [0.2, 0.25) is 0 Å². The van der Waals surface area contributed by atoms with E-state index in [1.807, 2.05) is 13.8 Å². The minimum Gasteiger partial charge on any atom is -0.335 e. The van der Waals surface area contributed by atoms with Gasteiger partial charge in [-0.25, -0.2) is 14.2 Å². The fraction of sp³-hybridized carbons (Fsp3) is 0.348. The zero-order valence-electron chi connectivity index (χ0n) is 18.6. The van der Waals surface area contributed by atoms with Gasteiger partial charge in [0.1, 0.15) is 5.82 Å². The Balaban J connectivity index is 1.85. The van der Waals surface area contributed by atoms with Crippen molar-refractivity contribution in [1.29, 1.82) is 5.26 Å². The first kappa shape index (κ1) is 24.8. The van der Waals surface area contributed by atoms with Crippen molar-refractivity contribution in [2.45, 2.75) is 26.1 Å². The maximum absolute atomic E-state index is 13.4. The smallest absolute Gasteiger partial charge is 0.335 e. The normalized spacial score (nSPS) is 16.9. The van der Waals surface area contributed by atoms with E-state index in [9.17, 15) is 27.6 Å². The number of anilines is 1. The van der Waals surface area contributed by atoms with E-state index in [0.29, 0.717) is 5.69 Å². The highest BCUT2D eigenvalue weighted by atomic mass is 19.4. The summed E-state index contributed by atoms with van der Waals surface area (Å²) in [6, 6.07) is 9.61. The predicted octanol–water partition coefficient (Wildman–Crippen LogP) is 4.78. The number of rotatable bonds is 3. The summed E-state index contributed by atoms with van der Waals surface area (Å²) in [6.45, 7) is 4.48. The minimum absolute atomic E-state index is 0.0249. The number of amides is 2. The third-order valence-corrected chi connectivity index (χ3v) is 5.43. The number of urea groups is 1. The fourth-order valence-corrected chi connectivity index (χ4v) is 3.74. The number of piperazine rings is 1. The second kappa shape index (κ2) is 10.4. The lowest BCUT2D eigenvalue weighted by Gasteiger charge is -2.44. The lowest BCUT2D eigenvalue weighted by molar-refractivity contribution is -0.137. The molecule has 2 aromatic carbocycles. The zero-order valence-corrected chi connectivity index (χ0v) is 18.6. The quantitative estimate of drug-likeness (QED) is 0.220. The number of hydrogen-bond donors (Lipinski definition) is 2. The number of carbonyl (C=O) groups excluding carboxylic acids is 1. The van der Waals surface area contributed by atoms with Crippen LogP contribution in [0.5, 0.6) is 0 Å². The van der Waals surface area contributed by atoms with Gasteiger partial charge in [0.05, 0.1) is 17.3 Å². The van der Waals surface area contributed by atoms with Crippen LogP contribution in [0.3, 0.4) is 0 Å². The largest absolute Gasteiger partial charge is 0.418 e. The Labute approximate surface area is 194 Å². The molecule has 2 N–H and O–H groups in total. The van der Waals surface area contributed by atoms with Crippen molar-refractivity contribution in [2.75, 3.05) is 25.0 Å². The summed E-state index contributed by atoms with van der Waals surface area (Å²) in [5.41, 5.74) is -0.923. The Morgan fingerprint density at radius 3 is 2.56 bits per heavy atom. The molecule has 11 heteroatoms. The topological polar surface area (TPSA) is 83.8 Å². The van der Waals surface area contributed by atoms with E-state index in [4.69, 9.17) is 0 Å². The first-order valence-electron chi connectivity index (χ1n) is 10.6. The summed E-state index contributed by atoms with van der Waals surface area (Å²) in [5.74, 6) is -0.540. The van der Waals surface area contributed by atoms with Crippen LogP contribution in [0, 0.1) is 23.2 Å². The van der Waals surface area contributed by atoms with E-state index in [1.165, 1.54) is 36.4 Å². The van der Waals surface area contributed by atoms with E-state index in [-0.39, 0.29) is 43.2 Å². The number of guanidine groups is 1. The molecule has 34 heavy (non-hydrogen) atoms. The van der Waals surface area contributed by atoms with Gasteiger partial charge in [-0.15, -0.1) is 0 Å². The molecule has 0 spiro atoms. The Morgan fingerprint density at radius 1 is 1.18 bits per heavy atom. The highest BCUT2D eigenvalue weighted by Gasteiger charge is 2.36. The second-order valence-electron chi connectivity index (χ2n) is 8.08. The van der Waals surface area contributed by atoms with Crippen molar-refractivity contribution in [1.82, 2.24) is 15.1 Å². The van der Waals surface area contributed by atoms with Crippen LogP contribution < -0.4 is 10.6 Å². The molecular weight excluding hydrogens is 452 g/mol. The van der Waals surface area contributed by atoms with Crippen molar-refractivity contribution in [3.63, 3.8) is 0 Å². The van der Waals surface area contributed by atoms with Gasteiger partial charge < -0.3 is 15.1 Å². The van der Waals surface area contributed by atoms with Crippen molar-refractivity contribution in [3.05, 3.63) is 59.9 Å².